The van der Waals surface area contributed by atoms with Crippen LogP contribution in [-0.4, -0.2) is 16.8 Å². The Morgan fingerprint density at radius 3 is 2.56 bits per heavy atom. The van der Waals surface area contributed by atoms with Gasteiger partial charge in [0.05, 0.1) is 12.1 Å². The van der Waals surface area contributed by atoms with Crippen LogP contribution in [0.25, 0.3) is 0 Å². The highest BCUT2D eigenvalue weighted by atomic mass is 16.6. The topological polar surface area (TPSA) is 58.6 Å². The lowest BCUT2D eigenvalue weighted by atomic mass is 10.1. The molecule has 0 saturated heterocycles. The second kappa shape index (κ2) is 4.61. The van der Waals surface area contributed by atoms with E-state index in [2.05, 4.69) is 5.32 Å². The zero-order valence-corrected chi connectivity index (χ0v) is 10.9. The monoisotopic (exact) mass is 249 g/mol. The quantitative estimate of drug-likeness (QED) is 0.804. The summed E-state index contributed by atoms with van der Waals surface area (Å²) in [5, 5.41) is 12.7. The normalized spacial score (nSPS) is 22.4. The van der Waals surface area contributed by atoms with Gasteiger partial charge in [-0.3, -0.25) is 0 Å². The molecule has 98 valence electrons. The summed E-state index contributed by atoms with van der Waals surface area (Å²) in [7, 11) is 0. The van der Waals surface area contributed by atoms with Crippen molar-refractivity contribution >= 4 is 6.09 Å². The molecule has 0 aliphatic heterocycles. The molecular formula is C14H19NO3. The fourth-order valence-electron chi connectivity index (χ4n) is 2.20. The minimum absolute atomic E-state index is 0.175. The van der Waals surface area contributed by atoms with Crippen molar-refractivity contribution in [2.45, 2.75) is 44.9 Å². The van der Waals surface area contributed by atoms with Gasteiger partial charge >= 0.3 is 6.09 Å². The summed E-state index contributed by atoms with van der Waals surface area (Å²) in [6.07, 6.45) is -0.462. The minimum Gasteiger partial charge on any atom is -0.444 e. The van der Waals surface area contributed by atoms with Gasteiger partial charge in [0.25, 0.3) is 0 Å². The molecule has 0 aromatic heterocycles. The van der Waals surface area contributed by atoms with Crippen LogP contribution in [-0.2, 0) is 4.74 Å². The molecule has 0 fully saturated rings. The van der Waals surface area contributed by atoms with Crippen LogP contribution in [0.15, 0.2) is 24.3 Å². The Morgan fingerprint density at radius 2 is 1.94 bits per heavy atom. The van der Waals surface area contributed by atoms with E-state index in [4.69, 9.17) is 4.74 Å². The van der Waals surface area contributed by atoms with Crippen molar-refractivity contribution in [1.29, 1.82) is 0 Å². The van der Waals surface area contributed by atoms with E-state index in [1.165, 1.54) is 0 Å². The summed E-state index contributed by atoms with van der Waals surface area (Å²) in [5.74, 6) is 0. The minimum atomic E-state index is -0.513. The molecule has 1 aromatic carbocycles. The first-order chi connectivity index (χ1) is 8.37. The number of amides is 1. The van der Waals surface area contributed by atoms with Crippen LogP contribution in [0, 0.1) is 0 Å². The number of hydrogen-bond acceptors (Lipinski definition) is 3. The van der Waals surface area contributed by atoms with Crippen molar-refractivity contribution in [1.82, 2.24) is 5.32 Å². The van der Waals surface area contributed by atoms with Crippen LogP contribution in [0.2, 0.25) is 0 Å². The molecule has 2 atom stereocenters. The van der Waals surface area contributed by atoms with E-state index in [0.29, 0.717) is 6.42 Å². The number of nitrogens with one attached hydrogen (secondary N) is 1. The van der Waals surface area contributed by atoms with Crippen LogP contribution in [0.4, 0.5) is 4.79 Å². The molecule has 0 spiro atoms. The lowest BCUT2D eigenvalue weighted by Gasteiger charge is -2.22. The van der Waals surface area contributed by atoms with Crippen LogP contribution in [0.3, 0.4) is 0 Å². The number of aliphatic hydroxyl groups is 1. The molecule has 0 heterocycles. The van der Waals surface area contributed by atoms with Crippen LogP contribution >= 0.6 is 0 Å². The van der Waals surface area contributed by atoms with Crippen molar-refractivity contribution in [3.05, 3.63) is 35.4 Å². The molecule has 4 heteroatoms. The van der Waals surface area contributed by atoms with Gasteiger partial charge in [0, 0.05) is 6.42 Å². The first kappa shape index (κ1) is 12.9. The largest absolute Gasteiger partial charge is 0.444 e. The fraction of sp³-hybridized carbons (Fsp3) is 0.500. The number of aliphatic hydroxyl groups excluding tert-OH is 1. The molecule has 2 N–H and O–H groups in total. The van der Waals surface area contributed by atoms with Gasteiger partial charge in [0.1, 0.15) is 5.60 Å². The molecule has 0 bridgehead atoms. The molecule has 4 nitrogen and oxygen atoms in total. The number of ether oxygens (including phenoxy) is 1. The molecule has 1 amide bonds. The van der Waals surface area contributed by atoms with Crippen LogP contribution in [0.5, 0.6) is 0 Å². The summed E-state index contributed by atoms with van der Waals surface area (Å²) < 4.78 is 5.22. The van der Waals surface area contributed by atoms with E-state index >= 15 is 0 Å². The molecular weight excluding hydrogens is 230 g/mol. The molecule has 0 saturated carbocycles. The van der Waals surface area contributed by atoms with E-state index in [-0.39, 0.29) is 6.04 Å². The second-order valence-corrected chi connectivity index (χ2v) is 5.58. The van der Waals surface area contributed by atoms with E-state index < -0.39 is 17.8 Å². The maximum absolute atomic E-state index is 11.7. The second-order valence-electron chi connectivity index (χ2n) is 5.58. The summed E-state index contributed by atoms with van der Waals surface area (Å²) in [6, 6.07) is 7.43. The number of alkyl carbamates (subject to hydrolysis) is 1. The molecule has 1 aliphatic rings. The molecule has 0 unspecified atom stereocenters. The van der Waals surface area contributed by atoms with Gasteiger partial charge < -0.3 is 15.2 Å². The third-order valence-corrected chi connectivity index (χ3v) is 2.88. The zero-order valence-electron chi connectivity index (χ0n) is 10.9. The van der Waals surface area contributed by atoms with E-state index in [0.717, 1.165) is 11.1 Å². The summed E-state index contributed by atoms with van der Waals surface area (Å²) in [5.41, 5.74) is 1.34. The van der Waals surface area contributed by atoms with Crippen molar-refractivity contribution in [2.24, 2.45) is 0 Å². The Kier molecular flexibility index (Phi) is 3.30. The number of carbonyl (C=O) groups excluding carboxylic acids is 1. The predicted molar refractivity (Wildman–Crippen MR) is 68.1 cm³/mol. The van der Waals surface area contributed by atoms with E-state index in [9.17, 15) is 9.90 Å². The molecule has 2 rings (SSSR count). The molecule has 1 aliphatic carbocycles. The number of rotatable bonds is 1. The van der Waals surface area contributed by atoms with Crippen molar-refractivity contribution < 1.29 is 14.6 Å². The Morgan fingerprint density at radius 1 is 1.33 bits per heavy atom. The lowest BCUT2D eigenvalue weighted by molar-refractivity contribution is 0.0493. The van der Waals surface area contributed by atoms with Gasteiger partial charge in [-0.05, 0) is 31.9 Å². The summed E-state index contributed by atoms with van der Waals surface area (Å²) in [4.78, 5) is 11.7. The zero-order chi connectivity index (χ0) is 13.3. The van der Waals surface area contributed by atoms with E-state index in [1.807, 2.05) is 45.0 Å². The highest BCUT2D eigenvalue weighted by molar-refractivity contribution is 5.68. The first-order valence-corrected chi connectivity index (χ1v) is 6.13. The Bertz CT molecular complexity index is 451. The van der Waals surface area contributed by atoms with Gasteiger partial charge in [-0.25, -0.2) is 4.79 Å². The number of hydrogen-bond donors (Lipinski definition) is 2. The van der Waals surface area contributed by atoms with Crippen LogP contribution in [0.1, 0.15) is 50.5 Å². The maximum Gasteiger partial charge on any atom is 0.408 e. The third kappa shape index (κ3) is 2.82. The van der Waals surface area contributed by atoms with Gasteiger partial charge in [-0.1, -0.05) is 24.3 Å². The molecule has 0 radical (unpaired) electrons. The Balaban J connectivity index is 2.07. The molecule has 1 aromatic rings. The fourth-order valence-corrected chi connectivity index (χ4v) is 2.20. The smallest absolute Gasteiger partial charge is 0.408 e. The van der Waals surface area contributed by atoms with Crippen molar-refractivity contribution in [3.8, 4) is 0 Å². The van der Waals surface area contributed by atoms with Crippen LogP contribution < -0.4 is 5.32 Å². The van der Waals surface area contributed by atoms with Crippen molar-refractivity contribution in [3.63, 3.8) is 0 Å². The first-order valence-electron chi connectivity index (χ1n) is 6.13. The average molecular weight is 249 g/mol. The highest BCUT2D eigenvalue weighted by Gasteiger charge is 2.31. The third-order valence-electron chi connectivity index (χ3n) is 2.88. The Hall–Kier alpha value is -1.55. The van der Waals surface area contributed by atoms with Gasteiger partial charge in [0.15, 0.2) is 0 Å². The van der Waals surface area contributed by atoms with Gasteiger partial charge in [-0.2, -0.15) is 0 Å². The predicted octanol–water partition coefficient (Wildman–Crippen LogP) is 2.69. The standard InChI is InChI=1S/C14H19NO3/c1-14(2,3)18-13(17)15-11-8-12(16)10-7-5-4-6-9(10)11/h4-7,11-12,16H,8H2,1-3H3,(H,15,17)/t11-,12+/m1/s1. The Labute approximate surface area is 107 Å². The van der Waals surface area contributed by atoms with Gasteiger partial charge in [-0.15, -0.1) is 0 Å². The number of fused-ring (bicyclic) bond motifs is 1. The van der Waals surface area contributed by atoms with Gasteiger partial charge in [0.2, 0.25) is 0 Å². The number of carbonyl (C=O) groups is 1. The maximum atomic E-state index is 11.7. The van der Waals surface area contributed by atoms with Crippen molar-refractivity contribution in [2.75, 3.05) is 0 Å². The SMILES string of the molecule is CC(C)(C)OC(=O)N[C@@H]1C[C@H](O)c2ccccc21. The molecule has 18 heavy (non-hydrogen) atoms. The van der Waals surface area contributed by atoms with E-state index in [1.54, 1.807) is 0 Å². The number of benzene rings is 1. The average Bonchev–Trinajstić information content (AvgIpc) is 2.54. The highest BCUT2D eigenvalue weighted by Crippen LogP contribution is 2.38. The summed E-state index contributed by atoms with van der Waals surface area (Å²) >= 11 is 0. The lowest BCUT2D eigenvalue weighted by Crippen LogP contribution is -2.34. The summed E-state index contributed by atoms with van der Waals surface area (Å²) in [6.45, 7) is 5.47.